The molecule has 2 heteroatoms. The Labute approximate surface area is 62.7 Å². The topological polar surface area (TPSA) is 46.2 Å². The van der Waals surface area contributed by atoms with Crippen LogP contribution >= 0.6 is 0 Å². The van der Waals surface area contributed by atoms with Crippen LogP contribution in [0.1, 0.15) is 20.3 Å². The minimum atomic E-state index is 0.116. The Morgan fingerprint density at radius 2 is 2.00 bits per heavy atom. The Morgan fingerprint density at radius 3 is 2.40 bits per heavy atom. The van der Waals surface area contributed by atoms with Crippen LogP contribution in [0.15, 0.2) is 12.2 Å². The van der Waals surface area contributed by atoms with Gasteiger partial charge >= 0.3 is 0 Å². The molecule has 0 fully saturated rings. The first-order valence-corrected chi connectivity index (χ1v) is 3.70. The fraction of sp³-hybridized carbons (Fsp3) is 0.750. The fourth-order valence-corrected chi connectivity index (χ4v) is 0.600. The molecule has 0 aliphatic carbocycles. The van der Waals surface area contributed by atoms with Gasteiger partial charge in [0.25, 0.3) is 0 Å². The second kappa shape index (κ2) is 5.45. The number of nitrogens with two attached hydrogens (primary N) is 1. The number of hydrogen-bond donors (Lipinski definition) is 2. The van der Waals surface area contributed by atoms with E-state index in [2.05, 4.69) is 13.8 Å². The molecule has 1 atom stereocenters. The van der Waals surface area contributed by atoms with Crippen molar-refractivity contribution in [3.63, 3.8) is 0 Å². The van der Waals surface area contributed by atoms with Gasteiger partial charge < -0.3 is 10.8 Å². The van der Waals surface area contributed by atoms with E-state index >= 15 is 0 Å². The molecule has 0 unspecified atom stereocenters. The molecule has 0 aromatic carbocycles. The summed E-state index contributed by atoms with van der Waals surface area (Å²) >= 11 is 0. The highest BCUT2D eigenvalue weighted by Crippen LogP contribution is 2.02. The highest BCUT2D eigenvalue weighted by molar-refractivity contribution is 4.85. The Bertz CT molecular complexity index is 99.4. The third-order valence-electron chi connectivity index (χ3n) is 1.54. The SMILES string of the molecule is CC(C)[C@H](N)C/C=C/CO. The van der Waals surface area contributed by atoms with Gasteiger partial charge in [0.05, 0.1) is 6.61 Å². The van der Waals surface area contributed by atoms with Crippen molar-refractivity contribution in [1.29, 1.82) is 0 Å². The molecule has 60 valence electrons. The molecule has 0 rings (SSSR count). The van der Waals surface area contributed by atoms with E-state index in [1.807, 2.05) is 6.08 Å². The third kappa shape index (κ3) is 4.53. The van der Waals surface area contributed by atoms with E-state index in [0.29, 0.717) is 5.92 Å². The summed E-state index contributed by atoms with van der Waals surface area (Å²) in [7, 11) is 0. The lowest BCUT2D eigenvalue weighted by molar-refractivity contribution is 0.342. The smallest absolute Gasteiger partial charge is 0.0612 e. The molecule has 0 spiro atoms. The lowest BCUT2D eigenvalue weighted by Crippen LogP contribution is -2.25. The maximum Gasteiger partial charge on any atom is 0.0612 e. The minimum absolute atomic E-state index is 0.116. The third-order valence-corrected chi connectivity index (χ3v) is 1.54. The molecule has 0 bridgehead atoms. The molecule has 0 heterocycles. The van der Waals surface area contributed by atoms with Gasteiger partial charge in [-0.05, 0) is 12.3 Å². The van der Waals surface area contributed by atoms with Crippen molar-refractivity contribution in [2.45, 2.75) is 26.3 Å². The van der Waals surface area contributed by atoms with Gasteiger partial charge in [-0.1, -0.05) is 26.0 Å². The molecule has 0 aromatic rings. The first-order chi connectivity index (χ1) is 4.68. The first kappa shape index (κ1) is 9.66. The second-order valence-electron chi connectivity index (χ2n) is 2.80. The predicted octanol–water partition coefficient (Wildman–Crippen LogP) is 0.908. The number of rotatable bonds is 4. The van der Waals surface area contributed by atoms with Gasteiger partial charge in [-0.3, -0.25) is 0 Å². The molecule has 0 aliphatic heterocycles. The summed E-state index contributed by atoms with van der Waals surface area (Å²) in [5.41, 5.74) is 5.72. The predicted molar refractivity (Wildman–Crippen MR) is 43.7 cm³/mol. The Hall–Kier alpha value is -0.340. The maximum atomic E-state index is 8.39. The van der Waals surface area contributed by atoms with Crippen LogP contribution in [0.4, 0.5) is 0 Å². The van der Waals surface area contributed by atoms with Crippen molar-refractivity contribution in [3.05, 3.63) is 12.2 Å². The summed E-state index contributed by atoms with van der Waals surface area (Å²) < 4.78 is 0. The van der Waals surface area contributed by atoms with Crippen molar-refractivity contribution in [2.75, 3.05) is 6.61 Å². The van der Waals surface area contributed by atoms with Crippen LogP contribution in [0.5, 0.6) is 0 Å². The summed E-state index contributed by atoms with van der Waals surface area (Å²) in [6.07, 6.45) is 4.51. The molecule has 0 aliphatic rings. The highest BCUT2D eigenvalue weighted by atomic mass is 16.2. The summed E-state index contributed by atoms with van der Waals surface area (Å²) in [4.78, 5) is 0. The molecule has 0 radical (unpaired) electrons. The van der Waals surface area contributed by atoms with E-state index < -0.39 is 0 Å². The zero-order chi connectivity index (χ0) is 7.98. The molecule has 0 aromatic heterocycles. The molecule has 0 saturated heterocycles. The Kier molecular flexibility index (Phi) is 5.26. The lowest BCUT2D eigenvalue weighted by Gasteiger charge is -2.11. The van der Waals surface area contributed by atoms with Crippen LogP contribution in [0, 0.1) is 5.92 Å². The normalized spacial score (nSPS) is 14.9. The van der Waals surface area contributed by atoms with E-state index in [0.717, 1.165) is 6.42 Å². The van der Waals surface area contributed by atoms with Gasteiger partial charge in [0.15, 0.2) is 0 Å². The molecule has 3 N–H and O–H groups in total. The Balaban J connectivity index is 3.38. The van der Waals surface area contributed by atoms with Crippen LogP contribution in [0.25, 0.3) is 0 Å². The number of aliphatic hydroxyl groups is 1. The molecular weight excluding hydrogens is 126 g/mol. The van der Waals surface area contributed by atoms with Gasteiger partial charge in [0.2, 0.25) is 0 Å². The van der Waals surface area contributed by atoms with Crippen LogP contribution < -0.4 is 5.73 Å². The van der Waals surface area contributed by atoms with Gasteiger partial charge in [0, 0.05) is 6.04 Å². The van der Waals surface area contributed by atoms with Crippen molar-refractivity contribution >= 4 is 0 Å². The van der Waals surface area contributed by atoms with E-state index in [-0.39, 0.29) is 12.6 Å². The summed E-state index contributed by atoms with van der Waals surface area (Å²) in [5, 5.41) is 8.39. The van der Waals surface area contributed by atoms with Gasteiger partial charge in [-0.15, -0.1) is 0 Å². The molecule has 0 saturated carbocycles. The standard InChI is InChI=1S/C8H17NO/c1-7(2)8(9)5-3-4-6-10/h3-4,7-8,10H,5-6,9H2,1-2H3/b4-3+/t8-/m1/s1. The van der Waals surface area contributed by atoms with Crippen molar-refractivity contribution < 1.29 is 5.11 Å². The van der Waals surface area contributed by atoms with Crippen molar-refractivity contribution in [3.8, 4) is 0 Å². The van der Waals surface area contributed by atoms with E-state index in [9.17, 15) is 0 Å². The highest BCUT2D eigenvalue weighted by Gasteiger charge is 2.03. The van der Waals surface area contributed by atoms with Crippen LogP contribution in [0.2, 0.25) is 0 Å². The Morgan fingerprint density at radius 1 is 1.40 bits per heavy atom. The zero-order valence-electron chi connectivity index (χ0n) is 6.75. The van der Waals surface area contributed by atoms with E-state index in [1.54, 1.807) is 6.08 Å². The molecular formula is C8H17NO. The van der Waals surface area contributed by atoms with Gasteiger partial charge in [-0.25, -0.2) is 0 Å². The first-order valence-electron chi connectivity index (χ1n) is 3.70. The molecule has 10 heavy (non-hydrogen) atoms. The second-order valence-corrected chi connectivity index (χ2v) is 2.80. The van der Waals surface area contributed by atoms with Gasteiger partial charge in [0.1, 0.15) is 0 Å². The molecule has 0 amide bonds. The van der Waals surface area contributed by atoms with Crippen molar-refractivity contribution in [1.82, 2.24) is 0 Å². The van der Waals surface area contributed by atoms with E-state index in [1.165, 1.54) is 0 Å². The average molecular weight is 143 g/mol. The average Bonchev–Trinajstić information content (AvgIpc) is 1.88. The fourth-order valence-electron chi connectivity index (χ4n) is 0.600. The molecule has 2 nitrogen and oxygen atoms in total. The summed E-state index contributed by atoms with van der Waals surface area (Å²) in [6.45, 7) is 4.31. The monoisotopic (exact) mass is 143 g/mol. The quantitative estimate of drug-likeness (QED) is 0.574. The van der Waals surface area contributed by atoms with Crippen LogP contribution in [-0.4, -0.2) is 17.8 Å². The largest absolute Gasteiger partial charge is 0.392 e. The zero-order valence-corrected chi connectivity index (χ0v) is 6.75. The maximum absolute atomic E-state index is 8.39. The minimum Gasteiger partial charge on any atom is -0.392 e. The van der Waals surface area contributed by atoms with Crippen molar-refractivity contribution in [2.24, 2.45) is 11.7 Å². The van der Waals surface area contributed by atoms with Gasteiger partial charge in [-0.2, -0.15) is 0 Å². The van der Waals surface area contributed by atoms with Crippen LogP contribution in [0.3, 0.4) is 0 Å². The summed E-state index contributed by atoms with van der Waals surface area (Å²) in [6, 6.07) is 0.225. The van der Waals surface area contributed by atoms with Crippen LogP contribution in [-0.2, 0) is 0 Å². The van der Waals surface area contributed by atoms with E-state index in [4.69, 9.17) is 10.8 Å². The lowest BCUT2D eigenvalue weighted by atomic mass is 10.0. The number of aliphatic hydroxyl groups excluding tert-OH is 1. The number of hydrogen-bond acceptors (Lipinski definition) is 2. The summed E-state index contributed by atoms with van der Waals surface area (Å²) in [5.74, 6) is 0.517.